The van der Waals surface area contributed by atoms with Gasteiger partial charge in [0.15, 0.2) is 0 Å². The van der Waals surface area contributed by atoms with Crippen molar-refractivity contribution in [2.45, 2.75) is 58.9 Å². The van der Waals surface area contributed by atoms with Crippen molar-refractivity contribution in [3.63, 3.8) is 0 Å². The van der Waals surface area contributed by atoms with E-state index in [1.807, 2.05) is 0 Å². The lowest BCUT2D eigenvalue weighted by molar-refractivity contribution is 0.297. The van der Waals surface area contributed by atoms with Crippen LogP contribution in [0.25, 0.3) is 11.4 Å². The Morgan fingerprint density at radius 1 is 1.25 bits per heavy atom. The minimum Gasteiger partial charge on any atom is -0.493 e. The second kappa shape index (κ2) is 7.79. The molecule has 0 saturated carbocycles. The van der Waals surface area contributed by atoms with Gasteiger partial charge >= 0.3 is 0 Å². The highest BCUT2D eigenvalue weighted by molar-refractivity contribution is 5.61. The van der Waals surface area contributed by atoms with E-state index >= 15 is 0 Å². The summed E-state index contributed by atoms with van der Waals surface area (Å²) >= 11 is 0. The van der Waals surface area contributed by atoms with Crippen LogP contribution in [0.2, 0.25) is 0 Å². The van der Waals surface area contributed by atoms with Crippen LogP contribution in [-0.4, -0.2) is 23.3 Å². The Kier molecular flexibility index (Phi) is 5.51. The number of rotatable bonds is 6. The number of aromatic nitrogens is 2. The summed E-state index contributed by atoms with van der Waals surface area (Å²) in [5, 5.41) is 7.63. The fraction of sp³-hybridized carbons (Fsp3) is 0.579. The Hall–Kier alpha value is -1.88. The first-order valence-corrected chi connectivity index (χ1v) is 9.00. The lowest BCUT2D eigenvalue weighted by atomic mass is 10.0. The van der Waals surface area contributed by atoms with Gasteiger partial charge in [-0.15, -0.1) is 0 Å². The van der Waals surface area contributed by atoms with E-state index in [4.69, 9.17) is 9.26 Å². The van der Waals surface area contributed by atoms with Gasteiger partial charge < -0.3 is 14.6 Å². The van der Waals surface area contributed by atoms with Crippen molar-refractivity contribution in [1.82, 2.24) is 15.5 Å². The van der Waals surface area contributed by atoms with Crippen LogP contribution in [0, 0.1) is 13.8 Å². The standard InChI is InChI=1S/C19H27N3O2/c1-4-5-10-23-17-13(2)11-15(12-14(17)3)18-21-19(24-22-18)16-8-6-7-9-20-16/h11-12,16,20H,4-10H2,1-3H3. The molecule has 0 radical (unpaired) electrons. The van der Waals surface area contributed by atoms with Crippen molar-refractivity contribution < 1.29 is 9.26 Å². The quantitative estimate of drug-likeness (QED) is 0.799. The number of ether oxygens (including phenoxy) is 1. The number of unbranched alkanes of at least 4 members (excludes halogenated alkanes) is 1. The molecule has 0 bridgehead atoms. The number of benzene rings is 1. The molecular weight excluding hydrogens is 302 g/mol. The Morgan fingerprint density at radius 2 is 2.04 bits per heavy atom. The first-order chi connectivity index (χ1) is 11.7. The van der Waals surface area contributed by atoms with Gasteiger partial charge in [0, 0.05) is 5.56 Å². The second-order valence-electron chi connectivity index (χ2n) is 6.60. The molecule has 2 heterocycles. The predicted octanol–water partition coefficient (Wildman–Crippen LogP) is 4.35. The largest absolute Gasteiger partial charge is 0.493 e. The van der Waals surface area contributed by atoms with Gasteiger partial charge in [-0.1, -0.05) is 24.9 Å². The summed E-state index contributed by atoms with van der Waals surface area (Å²) in [7, 11) is 0. The van der Waals surface area contributed by atoms with Crippen LogP contribution in [0.5, 0.6) is 5.75 Å². The molecule has 3 rings (SSSR count). The maximum Gasteiger partial charge on any atom is 0.244 e. The average molecular weight is 329 g/mol. The van der Waals surface area contributed by atoms with Gasteiger partial charge in [-0.3, -0.25) is 0 Å². The highest BCUT2D eigenvalue weighted by Gasteiger charge is 2.21. The molecule has 5 nitrogen and oxygen atoms in total. The number of piperidine rings is 1. The molecule has 0 spiro atoms. The van der Waals surface area contributed by atoms with E-state index in [2.05, 4.69) is 48.4 Å². The first kappa shape index (κ1) is 17.0. The third-order valence-electron chi connectivity index (χ3n) is 4.51. The van der Waals surface area contributed by atoms with Crippen LogP contribution in [0.1, 0.15) is 62.1 Å². The van der Waals surface area contributed by atoms with Crippen molar-refractivity contribution in [2.75, 3.05) is 13.2 Å². The Labute approximate surface area is 143 Å². The topological polar surface area (TPSA) is 60.2 Å². The zero-order valence-corrected chi connectivity index (χ0v) is 14.9. The molecule has 2 aromatic rings. The van der Waals surface area contributed by atoms with Gasteiger partial charge in [0.2, 0.25) is 11.7 Å². The smallest absolute Gasteiger partial charge is 0.244 e. The van der Waals surface area contributed by atoms with Crippen LogP contribution < -0.4 is 10.1 Å². The summed E-state index contributed by atoms with van der Waals surface area (Å²) in [6.45, 7) is 8.09. The van der Waals surface area contributed by atoms with Crippen molar-refractivity contribution >= 4 is 0 Å². The molecule has 1 aromatic carbocycles. The van der Waals surface area contributed by atoms with Crippen LogP contribution in [0.15, 0.2) is 16.7 Å². The summed E-state index contributed by atoms with van der Waals surface area (Å²) in [5.74, 6) is 2.33. The number of aryl methyl sites for hydroxylation is 2. The second-order valence-corrected chi connectivity index (χ2v) is 6.60. The van der Waals surface area contributed by atoms with E-state index in [-0.39, 0.29) is 6.04 Å². The van der Waals surface area contributed by atoms with Crippen LogP contribution >= 0.6 is 0 Å². The van der Waals surface area contributed by atoms with E-state index in [9.17, 15) is 0 Å². The van der Waals surface area contributed by atoms with Crippen LogP contribution in [0.4, 0.5) is 0 Å². The fourth-order valence-corrected chi connectivity index (χ4v) is 3.18. The van der Waals surface area contributed by atoms with E-state index in [0.29, 0.717) is 11.7 Å². The molecule has 1 N–H and O–H groups in total. The Bertz CT molecular complexity index is 652. The summed E-state index contributed by atoms with van der Waals surface area (Å²) in [6, 6.07) is 4.35. The minimum atomic E-state index is 0.193. The molecule has 5 heteroatoms. The summed E-state index contributed by atoms with van der Waals surface area (Å²) in [4.78, 5) is 4.61. The number of nitrogens with zero attached hydrogens (tertiary/aromatic N) is 2. The van der Waals surface area contributed by atoms with Gasteiger partial charge in [-0.2, -0.15) is 4.98 Å². The number of nitrogens with one attached hydrogen (secondary N) is 1. The maximum absolute atomic E-state index is 5.92. The number of hydrogen-bond acceptors (Lipinski definition) is 5. The zero-order valence-electron chi connectivity index (χ0n) is 14.9. The average Bonchev–Trinajstić information content (AvgIpc) is 3.08. The molecule has 1 aromatic heterocycles. The molecule has 1 saturated heterocycles. The molecule has 130 valence electrons. The van der Waals surface area contributed by atoms with Gasteiger partial charge in [-0.05, 0) is 62.9 Å². The Balaban J connectivity index is 1.78. The van der Waals surface area contributed by atoms with Crippen molar-refractivity contribution in [3.8, 4) is 17.1 Å². The highest BCUT2D eigenvalue weighted by atomic mass is 16.5. The molecule has 0 aliphatic carbocycles. The summed E-state index contributed by atoms with van der Waals surface area (Å²) in [6.07, 6.45) is 5.69. The maximum atomic E-state index is 5.92. The molecule has 1 atom stereocenters. The van der Waals surface area contributed by atoms with E-state index in [1.54, 1.807) is 0 Å². The van der Waals surface area contributed by atoms with Gasteiger partial charge in [0.1, 0.15) is 5.75 Å². The van der Waals surface area contributed by atoms with Crippen molar-refractivity contribution in [3.05, 3.63) is 29.2 Å². The third kappa shape index (κ3) is 3.78. The van der Waals surface area contributed by atoms with Gasteiger partial charge in [0.05, 0.1) is 12.6 Å². The molecule has 1 aliphatic heterocycles. The van der Waals surface area contributed by atoms with Gasteiger partial charge in [0.25, 0.3) is 0 Å². The van der Waals surface area contributed by atoms with Crippen molar-refractivity contribution in [2.24, 2.45) is 0 Å². The monoisotopic (exact) mass is 329 g/mol. The molecule has 0 amide bonds. The SMILES string of the molecule is CCCCOc1c(C)cc(-c2noc(C3CCCCN3)n2)cc1C. The first-order valence-electron chi connectivity index (χ1n) is 9.00. The van der Waals surface area contributed by atoms with Gasteiger partial charge in [-0.25, -0.2) is 0 Å². The van der Waals surface area contributed by atoms with Crippen molar-refractivity contribution in [1.29, 1.82) is 0 Å². The lowest BCUT2D eigenvalue weighted by Gasteiger charge is -2.19. The van der Waals surface area contributed by atoms with E-state index < -0.39 is 0 Å². The van der Waals surface area contributed by atoms with E-state index in [1.165, 1.54) is 12.8 Å². The summed E-state index contributed by atoms with van der Waals surface area (Å²) in [5.41, 5.74) is 3.21. The fourth-order valence-electron chi connectivity index (χ4n) is 3.18. The Morgan fingerprint density at radius 3 is 2.71 bits per heavy atom. The zero-order chi connectivity index (χ0) is 16.9. The number of hydrogen-bond donors (Lipinski definition) is 1. The molecular formula is C19H27N3O2. The highest BCUT2D eigenvalue weighted by Crippen LogP contribution is 2.30. The minimum absolute atomic E-state index is 0.193. The van der Waals surface area contributed by atoms with Crippen LogP contribution in [-0.2, 0) is 0 Å². The molecule has 24 heavy (non-hydrogen) atoms. The normalized spacial score (nSPS) is 17.9. The van der Waals surface area contributed by atoms with E-state index in [0.717, 1.165) is 54.9 Å². The molecule has 1 unspecified atom stereocenters. The summed E-state index contributed by atoms with van der Waals surface area (Å²) < 4.78 is 11.4. The third-order valence-corrected chi connectivity index (χ3v) is 4.51. The predicted molar refractivity (Wildman–Crippen MR) is 94.2 cm³/mol. The molecule has 1 aliphatic rings. The van der Waals surface area contributed by atoms with Crippen LogP contribution in [0.3, 0.4) is 0 Å². The lowest BCUT2D eigenvalue weighted by Crippen LogP contribution is -2.26. The molecule has 1 fully saturated rings.